The highest BCUT2D eigenvalue weighted by Gasteiger charge is 2.32. The van der Waals surface area contributed by atoms with Gasteiger partial charge in [0.05, 0.1) is 10.3 Å². The summed E-state index contributed by atoms with van der Waals surface area (Å²) >= 11 is 0. The van der Waals surface area contributed by atoms with Crippen molar-refractivity contribution in [3.8, 4) is 0 Å². The number of aromatic nitrogens is 1. The largest absolute Gasteiger partial charge is 0.481 e. The second-order valence-corrected chi connectivity index (χ2v) is 6.46. The molecule has 1 N–H and O–H groups in total. The Hall–Kier alpha value is -2.18. The van der Waals surface area contributed by atoms with Crippen molar-refractivity contribution in [1.82, 2.24) is 4.98 Å². The van der Waals surface area contributed by atoms with Crippen LogP contribution in [-0.2, 0) is 4.79 Å². The van der Waals surface area contributed by atoms with Gasteiger partial charge in [-0.2, -0.15) is 0 Å². The molecule has 1 aromatic heterocycles. The van der Waals surface area contributed by atoms with Gasteiger partial charge in [0, 0.05) is 19.2 Å². The summed E-state index contributed by atoms with van der Waals surface area (Å²) in [5, 5.41) is 19.8. The minimum atomic E-state index is -0.757. The number of rotatable bonds is 5. The summed E-state index contributed by atoms with van der Waals surface area (Å²) in [6.45, 7) is 5.12. The molecule has 0 atom stereocenters. The highest BCUT2D eigenvalue weighted by atomic mass is 16.6. The molecule has 2 heterocycles. The minimum absolute atomic E-state index is 0.0122. The molecule has 1 aliphatic rings. The first-order chi connectivity index (χ1) is 10.3. The summed E-state index contributed by atoms with van der Waals surface area (Å²) in [7, 11) is 0. The summed E-state index contributed by atoms with van der Waals surface area (Å²) in [6, 6.07) is 3.13. The van der Waals surface area contributed by atoms with Crippen molar-refractivity contribution < 1.29 is 14.8 Å². The van der Waals surface area contributed by atoms with E-state index < -0.39 is 16.3 Å². The van der Waals surface area contributed by atoms with Crippen molar-refractivity contribution in [2.75, 3.05) is 18.0 Å². The van der Waals surface area contributed by atoms with E-state index >= 15 is 0 Å². The van der Waals surface area contributed by atoms with E-state index in [0.29, 0.717) is 12.3 Å². The van der Waals surface area contributed by atoms with Crippen LogP contribution in [0.25, 0.3) is 0 Å². The number of aliphatic carboxylic acids is 1. The predicted octanol–water partition coefficient (Wildman–Crippen LogP) is 2.71. The van der Waals surface area contributed by atoms with Crippen LogP contribution >= 0.6 is 0 Å². The van der Waals surface area contributed by atoms with Crippen LogP contribution in [-0.4, -0.2) is 34.1 Å². The van der Waals surface area contributed by atoms with Crippen LogP contribution in [0.3, 0.4) is 0 Å². The van der Waals surface area contributed by atoms with Gasteiger partial charge < -0.3 is 10.0 Å². The Morgan fingerprint density at radius 3 is 2.55 bits per heavy atom. The Kier molecular flexibility index (Phi) is 4.63. The third kappa shape index (κ3) is 3.72. The first-order valence-electron chi connectivity index (χ1n) is 7.38. The van der Waals surface area contributed by atoms with Crippen molar-refractivity contribution in [2.24, 2.45) is 11.3 Å². The Labute approximate surface area is 129 Å². The van der Waals surface area contributed by atoms with Crippen LogP contribution in [0.1, 0.15) is 33.1 Å². The third-order valence-electron chi connectivity index (χ3n) is 4.26. The number of carbonyl (C=O) groups is 1. The molecule has 22 heavy (non-hydrogen) atoms. The van der Waals surface area contributed by atoms with Gasteiger partial charge >= 0.3 is 5.97 Å². The fourth-order valence-corrected chi connectivity index (χ4v) is 2.85. The maximum Gasteiger partial charge on any atom is 0.309 e. The number of nitrogens with zero attached hydrogens (tertiary/aromatic N) is 3. The zero-order valence-corrected chi connectivity index (χ0v) is 12.9. The lowest BCUT2D eigenvalue weighted by Crippen LogP contribution is -2.37. The molecule has 0 saturated carbocycles. The summed E-state index contributed by atoms with van der Waals surface area (Å²) in [6.07, 6.45) is 3.77. The molecule has 120 valence electrons. The number of piperidine rings is 1. The van der Waals surface area contributed by atoms with E-state index in [1.54, 1.807) is 19.9 Å². The van der Waals surface area contributed by atoms with Gasteiger partial charge in [-0.25, -0.2) is 4.98 Å². The van der Waals surface area contributed by atoms with E-state index in [9.17, 15) is 20.0 Å². The van der Waals surface area contributed by atoms with E-state index in [0.717, 1.165) is 31.7 Å². The summed E-state index contributed by atoms with van der Waals surface area (Å²) in [4.78, 5) is 27.6. The van der Waals surface area contributed by atoms with Gasteiger partial charge in [0.1, 0.15) is 12.0 Å². The average molecular weight is 307 g/mol. The van der Waals surface area contributed by atoms with E-state index in [2.05, 4.69) is 9.88 Å². The first kappa shape index (κ1) is 16.2. The fraction of sp³-hybridized carbons (Fsp3) is 0.600. The second-order valence-electron chi connectivity index (χ2n) is 6.46. The number of nitro groups is 1. The number of carboxylic acids is 1. The number of carboxylic acid groups (broad SMARTS) is 1. The van der Waals surface area contributed by atoms with Crippen LogP contribution in [0.15, 0.2) is 18.3 Å². The maximum absolute atomic E-state index is 11.2. The molecule has 2 rings (SSSR count). The van der Waals surface area contributed by atoms with Gasteiger partial charge in [0.15, 0.2) is 0 Å². The molecule has 1 aromatic rings. The number of anilines is 1. The van der Waals surface area contributed by atoms with Crippen molar-refractivity contribution in [3.05, 3.63) is 28.4 Å². The number of pyridine rings is 1. The zero-order chi connectivity index (χ0) is 16.3. The molecule has 1 fully saturated rings. The molecule has 0 radical (unpaired) electrons. The summed E-state index contributed by atoms with van der Waals surface area (Å²) in [5.41, 5.74) is -0.708. The molecular weight excluding hydrogens is 286 g/mol. The Bertz CT molecular complexity index is 548. The molecule has 1 aliphatic heterocycles. The van der Waals surface area contributed by atoms with Crippen LogP contribution in [0, 0.1) is 21.4 Å². The average Bonchev–Trinajstić information content (AvgIpc) is 2.47. The van der Waals surface area contributed by atoms with E-state index in [4.69, 9.17) is 0 Å². The van der Waals surface area contributed by atoms with Crippen LogP contribution in [0.4, 0.5) is 11.5 Å². The van der Waals surface area contributed by atoms with Crippen molar-refractivity contribution >= 4 is 17.5 Å². The molecule has 1 saturated heterocycles. The smallest absolute Gasteiger partial charge is 0.309 e. The van der Waals surface area contributed by atoms with E-state index in [1.807, 2.05) is 0 Å². The van der Waals surface area contributed by atoms with Gasteiger partial charge in [0.25, 0.3) is 5.69 Å². The Morgan fingerprint density at radius 1 is 1.45 bits per heavy atom. The van der Waals surface area contributed by atoms with Gasteiger partial charge in [-0.15, -0.1) is 0 Å². The molecule has 0 amide bonds. The summed E-state index contributed by atoms with van der Waals surface area (Å²) in [5.74, 6) is 0.369. The molecule has 0 bridgehead atoms. The molecule has 0 aromatic carbocycles. The first-order valence-corrected chi connectivity index (χ1v) is 7.38. The highest BCUT2D eigenvalue weighted by Crippen LogP contribution is 2.32. The van der Waals surface area contributed by atoms with Gasteiger partial charge in [-0.3, -0.25) is 14.9 Å². The van der Waals surface area contributed by atoms with Gasteiger partial charge in [-0.05, 0) is 45.1 Å². The number of hydrogen-bond acceptors (Lipinski definition) is 5. The van der Waals surface area contributed by atoms with Crippen molar-refractivity contribution in [1.29, 1.82) is 0 Å². The van der Waals surface area contributed by atoms with Crippen LogP contribution in [0.2, 0.25) is 0 Å². The fourth-order valence-electron chi connectivity index (χ4n) is 2.85. The molecule has 0 aliphatic carbocycles. The van der Waals surface area contributed by atoms with E-state index in [-0.39, 0.29) is 5.69 Å². The molecule has 7 nitrogen and oxygen atoms in total. The standard InChI is InChI=1S/C15H21N3O4/c1-15(2,14(19)20)9-11-5-7-17(8-6-11)13-4-3-12(10-16-13)18(21)22/h3-4,10-11H,5-9H2,1-2H3,(H,19,20). The highest BCUT2D eigenvalue weighted by molar-refractivity contribution is 5.73. The normalized spacial score (nSPS) is 16.5. The number of hydrogen-bond donors (Lipinski definition) is 1. The lowest BCUT2D eigenvalue weighted by atomic mass is 9.79. The van der Waals surface area contributed by atoms with Crippen LogP contribution in [0.5, 0.6) is 0 Å². The Balaban J connectivity index is 1.92. The minimum Gasteiger partial charge on any atom is -0.481 e. The molecule has 7 heteroatoms. The van der Waals surface area contributed by atoms with Crippen molar-refractivity contribution in [3.63, 3.8) is 0 Å². The van der Waals surface area contributed by atoms with Gasteiger partial charge in [0.2, 0.25) is 0 Å². The lowest BCUT2D eigenvalue weighted by Gasteiger charge is -2.35. The maximum atomic E-state index is 11.2. The SMILES string of the molecule is CC(C)(CC1CCN(c2ccc([N+](=O)[O-])cn2)CC1)C(=O)O. The molecule has 0 unspecified atom stereocenters. The molecule has 0 spiro atoms. The summed E-state index contributed by atoms with van der Waals surface area (Å²) < 4.78 is 0. The molecular formula is C15H21N3O4. The quantitative estimate of drug-likeness (QED) is 0.663. The van der Waals surface area contributed by atoms with Crippen LogP contribution < -0.4 is 4.90 Å². The third-order valence-corrected chi connectivity index (χ3v) is 4.26. The van der Waals surface area contributed by atoms with E-state index in [1.165, 1.54) is 12.3 Å². The predicted molar refractivity (Wildman–Crippen MR) is 81.9 cm³/mol. The zero-order valence-electron chi connectivity index (χ0n) is 12.9. The Morgan fingerprint density at radius 2 is 2.09 bits per heavy atom. The second kappa shape index (κ2) is 6.29. The lowest BCUT2D eigenvalue weighted by molar-refractivity contribution is -0.385. The monoisotopic (exact) mass is 307 g/mol. The van der Waals surface area contributed by atoms with Crippen molar-refractivity contribution in [2.45, 2.75) is 33.1 Å². The topological polar surface area (TPSA) is 96.6 Å². The van der Waals surface area contributed by atoms with Gasteiger partial charge in [-0.1, -0.05) is 0 Å².